The first kappa shape index (κ1) is 12.5. The Labute approximate surface area is 108 Å². The smallest absolute Gasteiger partial charge is 0.0658 e. The lowest BCUT2D eigenvalue weighted by Gasteiger charge is -2.22. The highest BCUT2D eigenvalue weighted by Crippen LogP contribution is 2.24. The molecular formula is C13H20ClN3. The van der Waals surface area contributed by atoms with Gasteiger partial charge in [-0.15, -0.1) is 0 Å². The number of hydrogen-bond acceptors (Lipinski definition) is 3. The quantitative estimate of drug-likeness (QED) is 0.811. The third-order valence-electron chi connectivity index (χ3n) is 3.13. The Morgan fingerprint density at radius 1 is 1.41 bits per heavy atom. The largest absolute Gasteiger partial charge is 0.399 e. The van der Waals surface area contributed by atoms with Gasteiger partial charge < -0.3 is 16.0 Å². The van der Waals surface area contributed by atoms with E-state index >= 15 is 0 Å². The standard InChI is InChI=1S/C13H20ClN3/c1-10(9-17-6-2-3-7-17)16-13-5-4-11(15)8-12(13)14/h4-5,8,10,16H,2-3,6-7,9,15H2,1H3. The first-order valence-corrected chi connectivity index (χ1v) is 6.57. The average Bonchev–Trinajstić information content (AvgIpc) is 2.75. The minimum Gasteiger partial charge on any atom is -0.399 e. The van der Waals surface area contributed by atoms with E-state index in [4.69, 9.17) is 17.3 Å². The van der Waals surface area contributed by atoms with Gasteiger partial charge in [0.15, 0.2) is 0 Å². The van der Waals surface area contributed by atoms with Crippen molar-refractivity contribution in [2.75, 3.05) is 30.7 Å². The van der Waals surface area contributed by atoms with E-state index in [2.05, 4.69) is 17.1 Å². The minimum atomic E-state index is 0.397. The molecule has 1 heterocycles. The van der Waals surface area contributed by atoms with Crippen molar-refractivity contribution in [1.82, 2.24) is 4.90 Å². The highest BCUT2D eigenvalue weighted by atomic mass is 35.5. The first-order chi connectivity index (χ1) is 8.15. The molecule has 0 bridgehead atoms. The second kappa shape index (κ2) is 5.61. The summed E-state index contributed by atoms with van der Waals surface area (Å²) in [5.41, 5.74) is 7.34. The Hall–Kier alpha value is -0.930. The lowest BCUT2D eigenvalue weighted by Crippen LogP contribution is -2.33. The van der Waals surface area contributed by atoms with Gasteiger partial charge in [-0.3, -0.25) is 0 Å². The molecule has 3 nitrogen and oxygen atoms in total. The first-order valence-electron chi connectivity index (χ1n) is 6.19. The Morgan fingerprint density at radius 2 is 2.12 bits per heavy atom. The molecule has 1 atom stereocenters. The number of anilines is 2. The van der Waals surface area contributed by atoms with Crippen LogP contribution in [0.4, 0.5) is 11.4 Å². The van der Waals surface area contributed by atoms with Gasteiger partial charge in [0.1, 0.15) is 0 Å². The maximum absolute atomic E-state index is 6.13. The number of hydrogen-bond donors (Lipinski definition) is 2. The van der Waals surface area contributed by atoms with Crippen LogP contribution < -0.4 is 11.1 Å². The lowest BCUT2D eigenvalue weighted by molar-refractivity contribution is 0.328. The number of nitrogen functional groups attached to an aromatic ring is 1. The fourth-order valence-corrected chi connectivity index (χ4v) is 2.56. The summed E-state index contributed by atoms with van der Waals surface area (Å²) in [6, 6.07) is 6.00. The van der Waals surface area contributed by atoms with Gasteiger partial charge in [0.2, 0.25) is 0 Å². The van der Waals surface area contributed by atoms with Crippen LogP contribution in [-0.4, -0.2) is 30.6 Å². The third kappa shape index (κ3) is 3.51. The summed E-state index contributed by atoms with van der Waals surface area (Å²) in [6.45, 7) is 5.70. The van der Waals surface area contributed by atoms with Crippen molar-refractivity contribution in [2.24, 2.45) is 0 Å². The Kier molecular flexibility index (Phi) is 4.13. The minimum absolute atomic E-state index is 0.397. The van der Waals surface area contributed by atoms with Crippen LogP contribution in [0, 0.1) is 0 Å². The molecular weight excluding hydrogens is 234 g/mol. The maximum Gasteiger partial charge on any atom is 0.0658 e. The van der Waals surface area contributed by atoms with Gasteiger partial charge in [-0.2, -0.15) is 0 Å². The van der Waals surface area contributed by atoms with Gasteiger partial charge in [0.25, 0.3) is 0 Å². The maximum atomic E-state index is 6.13. The van der Waals surface area contributed by atoms with Gasteiger partial charge >= 0.3 is 0 Å². The fraction of sp³-hybridized carbons (Fsp3) is 0.538. The van der Waals surface area contributed by atoms with Crippen LogP contribution >= 0.6 is 11.6 Å². The molecule has 0 radical (unpaired) electrons. The summed E-state index contributed by atoms with van der Waals surface area (Å²) >= 11 is 6.13. The molecule has 0 aliphatic carbocycles. The molecule has 1 aromatic rings. The number of likely N-dealkylation sites (tertiary alicyclic amines) is 1. The van der Waals surface area contributed by atoms with Gasteiger partial charge in [-0.05, 0) is 51.1 Å². The van der Waals surface area contributed by atoms with E-state index < -0.39 is 0 Å². The molecule has 1 saturated heterocycles. The van der Waals surface area contributed by atoms with E-state index in [1.807, 2.05) is 12.1 Å². The molecule has 1 fully saturated rings. The molecule has 1 aliphatic heterocycles. The second-order valence-electron chi connectivity index (χ2n) is 4.79. The number of nitrogens with zero attached hydrogens (tertiary/aromatic N) is 1. The van der Waals surface area contributed by atoms with Crippen molar-refractivity contribution in [1.29, 1.82) is 0 Å². The van der Waals surface area contributed by atoms with Crippen LogP contribution in [0.5, 0.6) is 0 Å². The van der Waals surface area contributed by atoms with Crippen LogP contribution in [-0.2, 0) is 0 Å². The van der Waals surface area contributed by atoms with Gasteiger partial charge in [0.05, 0.1) is 10.7 Å². The summed E-state index contributed by atoms with van der Waals surface area (Å²) < 4.78 is 0. The van der Waals surface area contributed by atoms with Crippen molar-refractivity contribution in [2.45, 2.75) is 25.8 Å². The van der Waals surface area contributed by atoms with E-state index in [9.17, 15) is 0 Å². The van der Waals surface area contributed by atoms with Gasteiger partial charge in [-0.25, -0.2) is 0 Å². The summed E-state index contributed by atoms with van der Waals surface area (Å²) in [6.07, 6.45) is 2.66. The number of benzene rings is 1. The van der Waals surface area contributed by atoms with E-state index in [0.717, 1.165) is 12.2 Å². The van der Waals surface area contributed by atoms with Crippen LogP contribution in [0.1, 0.15) is 19.8 Å². The number of halogens is 1. The number of nitrogens with two attached hydrogens (primary N) is 1. The topological polar surface area (TPSA) is 41.3 Å². The molecule has 3 N–H and O–H groups in total. The van der Waals surface area contributed by atoms with Crippen molar-refractivity contribution >= 4 is 23.0 Å². The fourth-order valence-electron chi connectivity index (χ4n) is 2.31. The third-order valence-corrected chi connectivity index (χ3v) is 3.44. The monoisotopic (exact) mass is 253 g/mol. The van der Waals surface area contributed by atoms with Crippen LogP contribution in [0.15, 0.2) is 18.2 Å². The Morgan fingerprint density at radius 3 is 2.76 bits per heavy atom. The zero-order valence-electron chi connectivity index (χ0n) is 10.2. The highest BCUT2D eigenvalue weighted by molar-refractivity contribution is 6.33. The molecule has 2 rings (SSSR count). The summed E-state index contributed by atoms with van der Waals surface area (Å²) in [5, 5.41) is 4.13. The molecule has 17 heavy (non-hydrogen) atoms. The Bertz CT molecular complexity index is 375. The number of rotatable bonds is 4. The molecule has 1 unspecified atom stereocenters. The molecule has 4 heteroatoms. The molecule has 94 valence electrons. The van der Waals surface area contributed by atoms with Crippen LogP contribution in [0.2, 0.25) is 5.02 Å². The molecule has 0 aromatic heterocycles. The second-order valence-corrected chi connectivity index (χ2v) is 5.20. The number of nitrogens with one attached hydrogen (secondary N) is 1. The summed E-state index contributed by atoms with van der Waals surface area (Å²) in [5.74, 6) is 0. The van der Waals surface area contributed by atoms with Crippen molar-refractivity contribution in [3.8, 4) is 0 Å². The van der Waals surface area contributed by atoms with E-state index in [0.29, 0.717) is 16.8 Å². The van der Waals surface area contributed by atoms with E-state index in [1.54, 1.807) is 6.07 Å². The zero-order chi connectivity index (χ0) is 12.3. The molecule has 0 spiro atoms. The van der Waals surface area contributed by atoms with Crippen molar-refractivity contribution in [3.05, 3.63) is 23.2 Å². The molecule has 1 aliphatic rings. The molecule has 0 amide bonds. The van der Waals surface area contributed by atoms with Gasteiger partial charge in [0, 0.05) is 18.3 Å². The molecule has 1 aromatic carbocycles. The Balaban J connectivity index is 1.90. The predicted octanol–water partition coefficient (Wildman–Crippen LogP) is 2.82. The summed E-state index contributed by atoms with van der Waals surface area (Å²) in [4.78, 5) is 2.49. The lowest BCUT2D eigenvalue weighted by atomic mass is 10.2. The van der Waals surface area contributed by atoms with Crippen LogP contribution in [0.25, 0.3) is 0 Å². The van der Waals surface area contributed by atoms with Gasteiger partial charge in [-0.1, -0.05) is 11.6 Å². The normalized spacial score (nSPS) is 18.2. The van der Waals surface area contributed by atoms with E-state index in [1.165, 1.54) is 25.9 Å². The molecule has 0 saturated carbocycles. The van der Waals surface area contributed by atoms with Crippen molar-refractivity contribution < 1.29 is 0 Å². The summed E-state index contributed by atoms with van der Waals surface area (Å²) in [7, 11) is 0. The van der Waals surface area contributed by atoms with Crippen molar-refractivity contribution in [3.63, 3.8) is 0 Å². The SMILES string of the molecule is CC(CN1CCCC1)Nc1ccc(N)cc1Cl. The van der Waals surface area contributed by atoms with Crippen LogP contribution in [0.3, 0.4) is 0 Å². The zero-order valence-corrected chi connectivity index (χ0v) is 11.0. The average molecular weight is 254 g/mol. The highest BCUT2D eigenvalue weighted by Gasteiger charge is 2.14. The van der Waals surface area contributed by atoms with E-state index in [-0.39, 0.29) is 0 Å². The predicted molar refractivity (Wildman–Crippen MR) is 74.6 cm³/mol.